The van der Waals surface area contributed by atoms with Gasteiger partial charge in [0.05, 0.1) is 12.0 Å². The molecule has 1 amide bonds. The second kappa shape index (κ2) is 9.94. The Labute approximate surface area is 184 Å². The topological polar surface area (TPSA) is 48.7 Å². The number of benzene rings is 2. The molecule has 0 bridgehead atoms. The van der Waals surface area contributed by atoms with E-state index in [2.05, 4.69) is 22.2 Å². The zero-order chi connectivity index (χ0) is 21.6. The van der Waals surface area contributed by atoms with E-state index >= 15 is 0 Å². The Morgan fingerprint density at radius 2 is 1.48 bits per heavy atom. The average Bonchev–Trinajstić information content (AvgIpc) is 3.23. The zero-order valence-corrected chi connectivity index (χ0v) is 18.3. The maximum Gasteiger partial charge on any atom is 0.232 e. The number of aryl methyl sites for hydroxylation is 1. The molecule has 1 aromatic heterocycles. The van der Waals surface area contributed by atoms with E-state index < -0.39 is 0 Å². The van der Waals surface area contributed by atoms with Gasteiger partial charge in [-0.1, -0.05) is 60.7 Å². The molecule has 5 heteroatoms. The second-order valence-corrected chi connectivity index (χ2v) is 8.30. The number of furan rings is 1. The van der Waals surface area contributed by atoms with Crippen molar-refractivity contribution in [3.8, 4) is 0 Å². The molecule has 1 atom stereocenters. The Balaban J connectivity index is 1.54. The third kappa shape index (κ3) is 5.24. The quantitative estimate of drug-likeness (QED) is 0.635. The number of hydrogen-bond acceptors (Lipinski definition) is 4. The van der Waals surface area contributed by atoms with Crippen molar-refractivity contribution < 1.29 is 9.21 Å². The maximum absolute atomic E-state index is 13.5. The molecule has 5 nitrogen and oxygen atoms in total. The van der Waals surface area contributed by atoms with Crippen LogP contribution in [-0.4, -0.2) is 55.5 Å². The highest BCUT2D eigenvalue weighted by atomic mass is 16.3. The van der Waals surface area contributed by atoms with Crippen molar-refractivity contribution in [1.82, 2.24) is 15.1 Å². The van der Waals surface area contributed by atoms with Crippen LogP contribution in [0.25, 0.3) is 0 Å². The van der Waals surface area contributed by atoms with Gasteiger partial charge in [0, 0.05) is 32.7 Å². The Morgan fingerprint density at radius 1 is 0.903 bits per heavy atom. The van der Waals surface area contributed by atoms with Crippen LogP contribution >= 0.6 is 0 Å². The highest BCUT2D eigenvalue weighted by molar-refractivity contribution is 5.87. The van der Waals surface area contributed by atoms with Crippen molar-refractivity contribution in [2.24, 2.45) is 0 Å². The number of nitrogens with zero attached hydrogens (tertiary/aromatic N) is 2. The first-order chi connectivity index (χ1) is 15.1. The summed E-state index contributed by atoms with van der Waals surface area (Å²) < 4.78 is 5.98. The Kier molecular flexibility index (Phi) is 6.85. The summed E-state index contributed by atoms with van der Waals surface area (Å²) in [5.41, 5.74) is 1.99. The Bertz CT molecular complexity index is 923. The molecule has 31 heavy (non-hydrogen) atoms. The van der Waals surface area contributed by atoms with E-state index in [4.69, 9.17) is 4.42 Å². The molecule has 162 valence electrons. The molecule has 0 unspecified atom stereocenters. The van der Waals surface area contributed by atoms with Gasteiger partial charge in [0.25, 0.3) is 0 Å². The minimum absolute atomic E-state index is 0.0137. The van der Waals surface area contributed by atoms with Crippen molar-refractivity contribution >= 4 is 5.91 Å². The first-order valence-electron chi connectivity index (χ1n) is 11.0. The minimum Gasteiger partial charge on any atom is -0.465 e. The van der Waals surface area contributed by atoms with Crippen LogP contribution in [0.1, 0.15) is 34.6 Å². The van der Waals surface area contributed by atoms with Crippen molar-refractivity contribution in [2.45, 2.75) is 18.9 Å². The molecule has 0 radical (unpaired) electrons. The van der Waals surface area contributed by atoms with Gasteiger partial charge in [0.2, 0.25) is 5.91 Å². The number of piperazine rings is 1. The monoisotopic (exact) mass is 417 g/mol. The van der Waals surface area contributed by atoms with Crippen LogP contribution in [-0.2, 0) is 4.79 Å². The molecule has 4 rings (SSSR count). The normalized spacial score (nSPS) is 16.4. The third-order valence-electron chi connectivity index (χ3n) is 6.07. The smallest absolute Gasteiger partial charge is 0.232 e. The van der Waals surface area contributed by atoms with Crippen LogP contribution < -0.4 is 5.32 Å². The highest BCUT2D eigenvalue weighted by Gasteiger charge is 2.29. The molecule has 1 fully saturated rings. The molecule has 1 aliphatic rings. The van der Waals surface area contributed by atoms with E-state index in [1.165, 1.54) is 0 Å². The summed E-state index contributed by atoms with van der Waals surface area (Å²) >= 11 is 0. The van der Waals surface area contributed by atoms with E-state index in [0.29, 0.717) is 6.54 Å². The van der Waals surface area contributed by atoms with Gasteiger partial charge in [-0.3, -0.25) is 9.69 Å². The standard InChI is InChI=1S/C26H31N3O2/c1-20-13-14-24(31-20)23(29-17-15-28(2)16-18-29)19-27-26(30)25(21-9-5-3-6-10-21)22-11-7-4-8-12-22/h3-14,23,25H,15-19H2,1-2H3,(H,27,30)/t23-/m0/s1. The number of carbonyl (C=O) groups excluding carboxylic acids is 1. The van der Waals surface area contributed by atoms with E-state index in [0.717, 1.165) is 48.8 Å². The van der Waals surface area contributed by atoms with E-state index in [1.807, 2.05) is 79.7 Å². The lowest BCUT2D eigenvalue weighted by Gasteiger charge is -2.37. The molecule has 1 N–H and O–H groups in total. The predicted molar refractivity (Wildman–Crippen MR) is 123 cm³/mol. The number of amides is 1. The van der Waals surface area contributed by atoms with Gasteiger partial charge in [-0.05, 0) is 37.2 Å². The van der Waals surface area contributed by atoms with Gasteiger partial charge in [-0.15, -0.1) is 0 Å². The first-order valence-corrected chi connectivity index (χ1v) is 11.0. The van der Waals surface area contributed by atoms with E-state index in [9.17, 15) is 4.79 Å². The third-order valence-corrected chi connectivity index (χ3v) is 6.07. The van der Waals surface area contributed by atoms with Gasteiger partial charge in [-0.25, -0.2) is 0 Å². The summed E-state index contributed by atoms with van der Waals surface area (Å²) in [7, 11) is 2.15. The molecular formula is C26H31N3O2. The van der Waals surface area contributed by atoms with Crippen LogP contribution in [0.2, 0.25) is 0 Å². The van der Waals surface area contributed by atoms with E-state index in [-0.39, 0.29) is 17.9 Å². The minimum atomic E-state index is -0.339. The van der Waals surface area contributed by atoms with Crippen LogP contribution in [0, 0.1) is 6.92 Å². The Hall–Kier alpha value is -2.89. The van der Waals surface area contributed by atoms with Gasteiger partial charge in [0.15, 0.2) is 0 Å². The van der Waals surface area contributed by atoms with E-state index in [1.54, 1.807) is 0 Å². The maximum atomic E-state index is 13.5. The highest BCUT2D eigenvalue weighted by Crippen LogP contribution is 2.27. The summed E-state index contributed by atoms with van der Waals surface area (Å²) in [5.74, 6) is 1.49. The lowest BCUT2D eigenvalue weighted by atomic mass is 9.90. The molecule has 3 aromatic rings. The fraction of sp³-hybridized carbons (Fsp3) is 0.346. The molecular weight excluding hydrogens is 386 g/mol. The summed E-state index contributed by atoms with van der Waals surface area (Å²) in [5, 5.41) is 3.24. The van der Waals surface area contributed by atoms with Crippen molar-refractivity contribution in [3.05, 3.63) is 95.4 Å². The number of rotatable bonds is 7. The summed E-state index contributed by atoms with van der Waals surface area (Å²) in [6.45, 7) is 6.42. The number of hydrogen-bond donors (Lipinski definition) is 1. The lowest BCUT2D eigenvalue weighted by Crippen LogP contribution is -2.48. The van der Waals surface area contributed by atoms with Crippen molar-refractivity contribution in [2.75, 3.05) is 39.8 Å². The van der Waals surface area contributed by atoms with Gasteiger partial charge >= 0.3 is 0 Å². The summed E-state index contributed by atoms with van der Waals surface area (Å²) in [6, 6.07) is 24.0. The fourth-order valence-electron chi connectivity index (χ4n) is 4.26. The first kappa shape index (κ1) is 21.3. The molecule has 2 heterocycles. The Morgan fingerprint density at radius 3 is 2.00 bits per heavy atom. The average molecular weight is 418 g/mol. The molecule has 0 saturated carbocycles. The molecule has 2 aromatic carbocycles. The van der Waals surface area contributed by atoms with Crippen molar-refractivity contribution in [1.29, 1.82) is 0 Å². The van der Waals surface area contributed by atoms with Crippen molar-refractivity contribution in [3.63, 3.8) is 0 Å². The fourth-order valence-corrected chi connectivity index (χ4v) is 4.26. The van der Waals surface area contributed by atoms with Gasteiger partial charge in [-0.2, -0.15) is 0 Å². The van der Waals surface area contributed by atoms with Crippen LogP contribution in [0.15, 0.2) is 77.2 Å². The number of nitrogens with one attached hydrogen (secondary N) is 1. The predicted octanol–water partition coefficient (Wildman–Crippen LogP) is 3.82. The molecule has 0 aliphatic carbocycles. The van der Waals surface area contributed by atoms with Crippen LogP contribution in [0.5, 0.6) is 0 Å². The van der Waals surface area contributed by atoms with Crippen LogP contribution in [0.4, 0.5) is 0 Å². The second-order valence-electron chi connectivity index (χ2n) is 8.30. The SMILES string of the molecule is Cc1ccc([C@H](CNC(=O)C(c2ccccc2)c2ccccc2)N2CCN(C)CC2)o1. The number of likely N-dealkylation sites (N-methyl/N-ethyl adjacent to an activating group) is 1. The molecule has 1 saturated heterocycles. The number of carbonyl (C=O) groups is 1. The lowest BCUT2D eigenvalue weighted by molar-refractivity contribution is -0.122. The summed E-state index contributed by atoms with van der Waals surface area (Å²) in [6.07, 6.45) is 0. The molecule has 0 spiro atoms. The van der Waals surface area contributed by atoms with Gasteiger partial charge < -0.3 is 14.6 Å². The molecule has 1 aliphatic heterocycles. The van der Waals surface area contributed by atoms with Crippen LogP contribution in [0.3, 0.4) is 0 Å². The zero-order valence-electron chi connectivity index (χ0n) is 18.3. The largest absolute Gasteiger partial charge is 0.465 e. The van der Waals surface area contributed by atoms with Gasteiger partial charge in [0.1, 0.15) is 11.5 Å². The summed E-state index contributed by atoms with van der Waals surface area (Å²) in [4.78, 5) is 18.2.